The van der Waals surface area contributed by atoms with Gasteiger partial charge in [0, 0.05) is 36.1 Å². The minimum absolute atomic E-state index is 0.0149. The molecule has 0 aliphatic heterocycles. The summed E-state index contributed by atoms with van der Waals surface area (Å²) in [5.74, 6) is -0.173. The third-order valence-corrected chi connectivity index (χ3v) is 7.78. The van der Waals surface area contributed by atoms with Crippen molar-refractivity contribution in [3.63, 3.8) is 0 Å². The van der Waals surface area contributed by atoms with Gasteiger partial charge in [0.25, 0.3) is 0 Å². The number of aromatic nitrogens is 2. The summed E-state index contributed by atoms with van der Waals surface area (Å²) in [5.41, 5.74) is 8.67. The van der Waals surface area contributed by atoms with Crippen LogP contribution in [0.4, 0.5) is 17.1 Å². The van der Waals surface area contributed by atoms with Crippen LogP contribution in [0.3, 0.4) is 0 Å². The average Bonchev–Trinajstić information content (AvgIpc) is 3.46. The van der Waals surface area contributed by atoms with Gasteiger partial charge in [-0.15, -0.1) is 0 Å². The molecule has 8 heteroatoms. The third kappa shape index (κ3) is 5.78. The van der Waals surface area contributed by atoms with E-state index in [1.807, 2.05) is 79.8 Å². The van der Waals surface area contributed by atoms with E-state index >= 15 is 0 Å². The lowest BCUT2D eigenvalue weighted by molar-refractivity contribution is 0.401. The molecule has 44 heavy (non-hydrogen) atoms. The molecule has 0 aliphatic carbocycles. The van der Waals surface area contributed by atoms with Gasteiger partial charge in [-0.25, -0.2) is 4.57 Å². The Bertz CT molecular complexity index is 1890. The summed E-state index contributed by atoms with van der Waals surface area (Å²) in [6, 6.07) is 34.6. The Morgan fingerprint density at radius 1 is 0.523 bits per heavy atom. The number of nitrogens with zero attached hydrogens (tertiary/aromatic N) is 2. The second-order valence-corrected chi connectivity index (χ2v) is 10.9. The molecule has 2 aromatic heterocycles. The lowest BCUT2D eigenvalue weighted by Gasteiger charge is -2.11. The van der Waals surface area contributed by atoms with Crippen LogP contribution in [-0.2, 0) is 12.8 Å². The van der Waals surface area contributed by atoms with Crippen LogP contribution >= 0.6 is 0 Å². The van der Waals surface area contributed by atoms with Gasteiger partial charge in [-0.05, 0) is 90.6 Å². The Kier molecular flexibility index (Phi) is 7.64. The fourth-order valence-corrected chi connectivity index (χ4v) is 5.34. The summed E-state index contributed by atoms with van der Waals surface area (Å²) >= 11 is 0. The molecule has 6 N–H and O–H groups in total. The molecular weight excluding hydrogens is 552 g/mol. The van der Waals surface area contributed by atoms with Gasteiger partial charge in [-0.1, -0.05) is 48.5 Å². The van der Waals surface area contributed by atoms with E-state index in [9.17, 15) is 20.4 Å². The molecule has 0 spiro atoms. The van der Waals surface area contributed by atoms with Gasteiger partial charge >= 0.3 is 0 Å². The molecule has 0 fully saturated rings. The topological polar surface area (TPSA) is 115 Å². The first-order valence-corrected chi connectivity index (χ1v) is 14.3. The van der Waals surface area contributed by atoms with Crippen molar-refractivity contribution in [2.75, 3.05) is 17.7 Å². The predicted octanol–water partition coefficient (Wildman–Crippen LogP) is 7.37. The summed E-state index contributed by atoms with van der Waals surface area (Å²) in [7, 11) is 1.90. The maximum atomic E-state index is 11.0. The predicted molar refractivity (Wildman–Crippen MR) is 174 cm³/mol. The maximum Gasteiger partial charge on any atom is 0.223 e. The van der Waals surface area contributed by atoms with Crippen molar-refractivity contribution in [3.8, 4) is 34.9 Å². The van der Waals surface area contributed by atoms with E-state index in [2.05, 4.69) is 34.9 Å². The van der Waals surface area contributed by atoms with E-state index in [4.69, 9.17) is 0 Å². The molecule has 0 atom stereocenters. The van der Waals surface area contributed by atoms with E-state index in [0.717, 1.165) is 28.9 Å². The molecule has 0 saturated heterocycles. The van der Waals surface area contributed by atoms with Crippen LogP contribution < -0.4 is 10.6 Å². The van der Waals surface area contributed by atoms with Crippen molar-refractivity contribution < 1.29 is 20.4 Å². The molecule has 0 aliphatic rings. The van der Waals surface area contributed by atoms with Crippen molar-refractivity contribution in [3.05, 3.63) is 137 Å². The van der Waals surface area contributed by atoms with Crippen LogP contribution in [0.2, 0.25) is 0 Å². The zero-order valence-electron chi connectivity index (χ0n) is 24.5. The van der Waals surface area contributed by atoms with Crippen LogP contribution in [0.1, 0.15) is 27.8 Å². The van der Waals surface area contributed by atoms with Gasteiger partial charge in [0.2, 0.25) is 17.6 Å². The molecule has 6 rings (SSSR count). The largest absolute Gasteiger partial charge is 0.494 e. The van der Waals surface area contributed by atoms with Gasteiger partial charge in [-0.3, -0.25) is 4.57 Å². The van der Waals surface area contributed by atoms with Crippen molar-refractivity contribution in [2.45, 2.75) is 19.8 Å². The number of nitrogens with one attached hydrogen (secondary N) is 2. The Morgan fingerprint density at radius 2 is 0.932 bits per heavy atom. The SMILES string of the molecule is CNc1ccc(Cc2ccc(Nc3cc(O)n(-c4ccc(Cc5ccc(-n6c(O)cc(C)c6O)cc5)cc4)c3O)cc2)cc1. The van der Waals surface area contributed by atoms with Crippen LogP contribution in [-0.4, -0.2) is 36.6 Å². The number of benzene rings is 4. The van der Waals surface area contributed by atoms with Crippen molar-refractivity contribution >= 4 is 17.1 Å². The number of aromatic hydroxyl groups is 4. The highest BCUT2D eigenvalue weighted by Gasteiger charge is 2.16. The molecule has 6 aromatic rings. The molecule has 0 unspecified atom stereocenters. The average molecular weight is 587 g/mol. The summed E-state index contributed by atoms with van der Waals surface area (Å²) in [6.45, 7) is 1.74. The van der Waals surface area contributed by atoms with Crippen LogP contribution in [0, 0.1) is 6.92 Å². The normalized spacial score (nSPS) is 11.0. The standard InChI is InChI=1S/C36H34N4O4/c1-23-19-33(41)39(35(23)43)30-15-7-26(8-16-30)21-27-9-17-31(18-10-27)40-34(42)22-32(36(40)44)38-29-13-5-25(6-14-29)20-24-3-11-28(37-2)12-4-24/h3-19,22,37-38,41-44H,20-21H2,1-2H3. The van der Waals surface area contributed by atoms with Gasteiger partial charge in [0.05, 0.1) is 11.4 Å². The highest BCUT2D eigenvalue weighted by Crippen LogP contribution is 2.37. The van der Waals surface area contributed by atoms with Crippen LogP contribution in [0.25, 0.3) is 11.4 Å². The number of anilines is 3. The molecular formula is C36H34N4O4. The lowest BCUT2D eigenvalue weighted by atomic mass is 10.0. The fraction of sp³-hybridized carbons (Fsp3) is 0.111. The first kappa shape index (κ1) is 28.4. The first-order valence-electron chi connectivity index (χ1n) is 14.3. The van der Waals surface area contributed by atoms with E-state index in [1.165, 1.54) is 32.4 Å². The highest BCUT2D eigenvalue weighted by molar-refractivity contribution is 5.69. The zero-order chi connectivity index (χ0) is 30.8. The Labute approximate surface area is 255 Å². The first-order chi connectivity index (χ1) is 21.3. The second-order valence-electron chi connectivity index (χ2n) is 10.9. The van der Waals surface area contributed by atoms with Gasteiger partial charge in [0.1, 0.15) is 5.69 Å². The number of hydrogen-bond donors (Lipinski definition) is 6. The molecule has 4 aromatic carbocycles. The summed E-state index contributed by atoms with van der Waals surface area (Å²) < 4.78 is 2.79. The number of aryl methyl sites for hydroxylation is 1. The zero-order valence-corrected chi connectivity index (χ0v) is 24.5. The lowest BCUT2D eigenvalue weighted by Crippen LogP contribution is -1.96. The van der Waals surface area contributed by atoms with Gasteiger partial charge in [0.15, 0.2) is 5.88 Å². The van der Waals surface area contributed by atoms with E-state index in [1.54, 1.807) is 6.92 Å². The smallest absolute Gasteiger partial charge is 0.223 e. The highest BCUT2D eigenvalue weighted by atomic mass is 16.3. The monoisotopic (exact) mass is 586 g/mol. The van der Waals surface area contributed by atoms with E-state index in [0.29, 0.717) is 29.0 Å². The minimum Gasteiger partial charge on any atom is -0.494 e. The fourth-order valence-electron chi connectivity index (χ4n) is 5.34. The second kappa shape index (κ2) is 11.9. The molecule has 222 valence electrons. The summed E-state index contributed by atoms with van der Waals surface area (Å²) in [4.78, 5) is 0. The molecule has 0 amide bonds. The number of hydrogen-bond acceptors (Lipinski definition) is 6. The molecule has 0 saturated carbocycles. The summed E-state index contributed by atoms with van der Waals surface area (Å²) in [6.07, 6.45) is 1.48. The Balaban J connectivity index is 1.11. The van der Waals surface area contributed by atoms with Crippen LogP contribution in [0.5, 0.6) is 23.5 Å². The Morgan fingerprint density at radius 3 is 1.36 bits per heavy atom. The van der Waals surface area contributed by atoms with Crippen molar-refractivity contribution in [1.82, 2.24) is 9.13 Å². The van der Waals surface area contributed by atoms with Gasteiger partial charge < -0.3 is 31.1 Å². The molecule has 2 heterocycles. The van der Waals surface area contributed by atoms with Gasteiger partial charge in [-0.2, -0.15) is 0 Å². The van der Waals surface area contributed by atoms with Crippen molar-refractivity contribution in [1.29, 1.82) is 0 Å². The number of rotatable bonds is 9. The Hall–Kier alpha value is -5.76. The molecule has 0 radical (unpaired) electrons. The third-order valence-electron chi connectivity index (χ3n) is 7.78. The van der Waals surface area contributed by atoms with E-state index in [-0.39, 0.29) is 23.5 Å². The molecule has 8 nitrogen and oxygen atoms in total. The maximum absolute atomic E-state index is 11.0. The van der Waals surface area contributed by atoms with Crippen LogP contribution in [0.15, 0.2) is 109 Å². The van der Waals surface area contributed by atoms with E-state index < -0.39 is 0 Å². The summed E-state index contributed by atoms with van der Waals surface area (Å²) in [5, 5.41) is 48.4. The van der Waals surface area contributed by atoms with Crippen molar-refractivity contribution in [2.24, 2.45) is 0 Å². The molecule has 0 bridgehead atoms. The quantitative estimate of drug-likeness (QED) is 0.105. The minimum atomic E-state index is -0.0914.